The van der Waals surface area contributed by atoms with Gasteiger partial charge in [0.2, 0.25) is 0 Å². The Hall–Kier alpha value is -3.02. The maximum Gasteiger partial charge on any atom is 0.267 e. The van der Waals surface area contributed by atoms with Gasteiger partial charge >= 0.3 is 0 Å². The highest BCUT2D eigenvalue weighted by Gasteiger charge is 2.37. The minimum absolute atomic E-state index is 0.0661. The van der Waals surface area contributed by atoms with E-state index in [1.807, 2.05) is 67.6 Å². The van der Waals surface area contributed by atoms with Crippen LogP contribution in [-0.4, -0.2) is 21.1 Å². The normalized spacial score (nSPS) is 17.7. The summed E-state index contributed by atoms with van der Waals surface area (Å²) >= 11 is 7.35. The number of hydrogen-bond donors (Lipinski definition) is 1. The van der Waals surface area contributed by atoms with Gasteiger partial charge in [0, 0.05) is 10.6 Å². The van der Waals surface area contributed by atoms with Crippen LogP contribution < -0.4 is 0 Å². The molecule has 1 saturated heterocycles. The number of halogens is 1. The van der Waals surface area contributed by atoms with Gasteiger partial charge in [-0.1, -0.05) is 60.1 Å². The molecule has 6 heteroatoms. The van der Waals surface area contributed by atoms with E-state index in [0.29, 0.717) is 20.7 Å². The molecule has 0 saturated carbocycles. The lowest BCUT2D eigenvalue weighted by Gasteiger charge is -2.24. The van der Waals surface area contributed by atoms with E-state index < -0.39 is 0 Å². The number of aromatic hydroxyl groups is 1. The van der Waals surface area contributed by atoms with Crippen molar-refractivity contribution in [3.63, 3.8) is 0 Å². The van der Waals surface area contributed by atoms with Crippen molar-refractivity contribution < 1.29 is 9.90 Å². The first-order valence-corrected chi connectivity index (χ1v) is 10.6. The molecule has 0 spiro atoms. The summed E-state index contributed by atoms with van der Waals surface area (Å²) in [6.07, 6.45) is 1.66. The number of carbonyl (C=O) groups is 1. The van der Waals surface area contributed by atoms with Crippen LogP contribution in [0.15, 0.2) is 88.8 Å². The van der Waals surface area contributed by atoms with Gasteiger partial charge in [-0.3, -0.25) is 9.69 Å². The first-order valence-electron chi connectivity index (χ1n) is 9.43. The number of rotatable bonds is 4. The smallest absolute Gasteiger partial charge is 0.267 e. The van der Waals surface area contributed by atoms with Crippen LogP contribution in [-0.2, 0) is 4.79 Å². The highest BCUT2D eigenvalue weighted by molar-refractivity contribution is 8.18. The number of thioether (sulfide) groups is 1. The molecule has 150 valence electrons. The lowest BCUT2D eigenvalue weighted by molar-refractivity contribution is -0.123. The molecule has 0 bridgehead atoms. The second-order valence-electron chi connectivity index (χ2n) is 6.81. The SMILES string of the molecule is C[C@H](c1ccccc1)N1C(=O)/C(=C\c2cc(Cl)ccc2O)SC1=Nc1ccccc1. The van der Waals surface area contributed by atoms with Crippen molar-refractivity contribution in [2.24, 2.45) is 4.99 Å². The molecule has 3 aromatic carbocycles. The van der Waals surface area contributed by atoms with Crippen LogP contribution in [0.5, 0.6) is 5.75 Å². The molecule has 0 aliphatic carbocycles. The quantitative estimate of drug-likeness (QED) is 0.482. The van der Waals surface area contributed by atoms with E-state index in [0.717, 1.165) is 11.3 Å². The summed E-state index contributed by atoms with van der Waals surface area (Å²) in [5.74, 6) is -0.0955. The molecular weight excluding hydrogens is 416 g/mol. The number of amides is 1. The van der Waals surface area contributed by atoms with Crippen LogP contribution in [0.1, 0.15) is 24.1 Å². The van der Waals surface area contributed by atoms with Gasteiger partial charge in [0.05, 0.1) is 16.6 Å². The van der Waals surface area contributed by atoms with Gasteiger partial charge in [-0.05, 0) is 60.7 Å². The van der Waals surface area contributed by atoms with Crippen LogP contribution in [0, 0.1) is 0 Å². The zero-order chi connectivity index (χ0) is 21.1. The van der Waals surface area contributed by atoms with Crippen molar-refractivity contribution >= 4 is 46.2 Å². The first-order chi connectivity index (χ1) is 14.5. The molecule has 1 N–H and O–H groups in total. The highest BCUT2D eigenvalue weighted by Crippen LogP contribution is 2.40. The van der Waals surface area contributed by atoms with Crippen molar-refractivity contribution in [2.45, 2.75) is 13.0 Å². The number of benzene rings is 3. The Balaban J connectivity index is 1.77. The fraction of sp³-hybridized carbons (Fsp3) is 0.0833. The number of amidine groups is 1. The average molecular weight is 435 g/mol. The lowest BCUT2D eigenvalue weighted by atomic mass is 10.1. The van der Waals surface area contributed by atoms with Crippen molar-refractivity contribution in [3.8, 4) is 5.75 Å². The Morgan fingerprint density at radius 3 is 2.40 bits per heavy atom. The Morgan fingerprint density at radius 1 is 1.03 bits per heavy atom. The molecule has 4 rings (SSSR count). The molecule has 1 fully saturated rings. The summed E-state index contributed by atoms with van der Waals surface area (Å²) in [5, 5.41) is 11.2. The molecular formula is C24H19ClN2O2S. The topological polar surface area (TPSA) is 52.9 Å². The van der Waals surface area contributed by atoms with E-state index in [-0.39, 0.29) is 17.7 Å². The zero-order valence-electron chi connectivity index (χ0n) is 16.2. The van der Waals surface area contributed by atoms with Gasteiger partial charge in [0.1, 0.15) is 5.75 Å². The molecule has 1 amide bonds. The predicted molar refractivity (Wildman–Crippen MR) is 124 cm³/mol. The van der Waals surface area contributed by atoms with E-state index in [4.69, 9.17) is 16.6 Å². The van der Waals surface area contributed by atoms with E-state index >= 15 is 0 Å². The van der Waals surface area contributed by atoms with E-state index in [1.165, 1.54) is 17.8 Å². The monoisotopic (exact) mass is 434 g/mol. The van der Waals surface area contributed by atoms with Crippen molar-refractivity contribution in [2.75, 3.05) is 0 Å². The maximum atomic E-state index is 13.4. The number of nitrogens with zero attached hydrogens (tertiary/aromatic N) is 2. The summed E-state index contributed by atoms with van der Waals surface area (Å²) in [4.78, 5) is 20.3. The number of aliphatic imine (C=N–C) groups is 1. The molecule has 0 radical (unpaired) electrons. The lowest BCUT2D eigenvalue weighted by Crippen LogP contribution is -2.32. The van der Waals surface area contributed by atoms with E-state index in [9.17, 15) is 9.90 Å². The second kappa shape index (κ2) is 8.78. The first kappa shape index (κ1) is 20.3. The number of carbonyl (C=O) groups excluding carboxylic acids is 1. The summed E-state index contributed by atoms with van der Waals surface area (Å²) in [6.45, 7) is 1.98. The largest absolute Gasteiger partial charge is 0.507 e. The Bertz CT molecular complexity index is 1130. The third kappa shape index (κ3) is 4.27. The van der Waals surface area contributed by atoms with Gasteiger partial charge < -0.3 is 5.11 Å². The molecule has 0 aromatic heterocycles. The summed E-state index contributed by atoms with van der Waals surface area (Å²) in [6, 6.07) is 23.9. The number of phenols is 1. The number of phenolic OH excluding ortho intramolecular Hbond substituents is 1. The van der Waals surface area contributed by atoms with E-state index in [2.05, 4.69) is 0 Å². The zero-order valence-corrected chi connectivity index (χ0v) is 17.8. The summed E-state index contributed by atoms with van der Waals surface area (Å²) in [7, 11) is 0. The summed E-state index contributed by atoms with van der Waals surface area (Å²) < 4.78 is 0. The van der Waals surface area contributed by atoms with Crippen LogP contribution in [0.2, 0.25) is 5.02 Å². The molecule has 1 aliphatic heterocycles. The van der Waals surface area contributed by atoms with Gasteiger partial charge in [-0.15, -0.1) is 0 Å². The Kier molecular flexibility index (Phi) is 5.93. The highest BCUT2D eigenvalue weighted by atomic mass is 35.5. The predicted octanol–water partition coefficient (Wildman–Crippen LogP) is 6.41. The maximum absolute atomic E-state index is 13.4. The Labute approximate surface area is 184 Å². The molecule has 0 unspecified atom stereocenters. The molecule has 1 atom stereocenters. The minimum Gasteiger partial charge on any atom is -0.507 e. The van der Waals surface area contributed by atoms with Gasteiger partial charge in [0.15, 0.2) is 5.17 Å². The van der Waals surface area contributed by atoms with Crippen molar-refractivity contribution in [3.05, 3.63) is 99.9 Å². The van der Waals surface area contributed by atoms with Crippen molar-refractivity contribution in [1.82, 2.24) is 4.90 Å². The van der Waals surface area contributed by atoms with Gasteiger partial charge in [-0.2, -0.15) is 0 Å². The fourth-order valence-electron chi connectivity index (χ4n) is 3.18. The van der Waals surface area contributed by atoms with Crippen LogP contribution in [0.25, 0.3) is 6.08 Å². The van der Waals surface area contributed by atoms with Crippen molar-refractivity contribution in [1.29, 1.82) is 0 Å². The Morgan fingerprint density at radius 2 is 1.70 bits per heavy atom. The molecule has 4 nitrogen and oxygen atoms in total. The molecule has 1 aliphatic rings. The molecule has 3 aromatic rings. The van der Waals surface area contributed by atoms with E-state index in [1.54, 1.807) is 23.1 Å². The molecule has 30 heavy (non-hydrogen) atoms. The van der Waals surface area contributed by atoms with Gasteiger partial charge in [0.25, 0.3) is 5.91 Å². The third-order valence-electron chi connectivity index (χ3n) is 4.76. The van der Waals surface area contributed by atoms with Crippen LogP contribution >= 0.6 is 23.4 Å². The number of para-hydroxylation sites is 1. The standard InChI is InChI=1S/C24H19ClN2O2S/c1-16(17-8-4-2-5-9-17)27-23(29)22(15-18-14-19(25)12-13-21(18)28)30-24(27)26-20-10-6-3-7-11-20/h2-16,28H,1H3/b22-15+,26-24?/t16-/m1/s1. The summed E-state index contributed by atoms with van der Waals surface area (Å²) in [5.41, 5.74) is 2.27. The average Bonchev–Trinajstić information content (AvgIpc) is 3.06. The minimum atomic E-state index is -0.201. The van der Waals surface area contributed by atoms with Crippen LogP contribution in [0.3, 0.4) is 0 Å². The second-order valence-corrected chi connectivity index (χ2v) is 8.25. The van der Waals surface area contributed by atoms with Gasteiger partial charge in [-0.25, -0.2) is 4.99 Å². The third-order valence-corrected chi connectivity index (χ3v) is 5.98. The molecule has 1 heterocycles. The number of hydrogen-bond acceptors (Lipinski definition) is 4. The fourth-order valence-corrected chi connectivity index (χ4v) is 4.42. The van der Waals surface area contributed by atoms with Crippen LogP contribution in [0.4, 0.5) is 5.69 Å².